The Balaban J connectivity index is 2.84. The SMILES string of the molecule is C=CCCCCCCCCOCC=O. The Kier molecular flexibility index (Phi) is 11.8. The van der Waals surface area contributed by atoms with E-state index in [9.17, 15) is 4.79 Å². The van der Waals surface area contributed by atoms with E-state index in [1.165, 1.54) is 32.1 Å². The molecule has 0 aromatic carbocycles. The van der Waals surface area contributed by atoms with Crippen molar-refractivity contribution in [2.24, 2.45) is 0 Å². The molecule has 0 radical (unpaired) electrons. The van der Waals surface area contributed by atoms with Gasteiger partial charge < -0.3 is 9.53 Å². The molecule has 0 bridgehead atoms. The quantitative estimate of drug-likeness (QED) is 0.290. The van der Waals surface area contributed by atoms with E-state index in [-0.39, 0.29) is 6.61 Å². The molecule has 14 heavy (non-hydrogen) atoms. The van der Waals surface area contributed by atoms with E-state index in [2.05, 4.69) is 6.58 Å². The molecule has 0 saturated carbocycles. The van der Waals surface area contributed by atoms with Gasteiger partial charge in [0.1, 0.15) is 12.9 Å². The molecule has 0 unspecified atom stereocenters. The average molecular weight is 198 g/mol. The fourth-order valence-electron chi connectivity index (χ4n) is 1.33. The van der Waals surface area contributed by atoms with Crippen LogP contribution in [0.25, 0.3) is 0 Å². The van der Waals surface area contributed by atoms with Crippen LogP contribution in [0.4, 0.5) is 0 Å². The highest BCUT2D eigenvalue weighted by Crippen LogP contribution is 2.07. The van der Waals surface area contributed by atoms with E-state index in [1.54, 1.807) is 0 Å². The molecule has 0 spiro atoms. The third-order valence-corrected chi connectivity index (χ3v) is 2.13. The first-order valence-electron chi connectivity index (χ1n) is 5.54. The second-order valence-electron chi connectivity index (χ2n) is 3.44. The molecule has 0 N–H and O–H groups in total. The largest absolute Gasteiger partial charge is 0.374 e. The molecule has 0 saturated heterocycles. The minimum atomic E-state index is 0.249. The lowest BCUT2D eigenvalue weighted by molar-refractivity contribution is -0.111. The number of unbranched alkanes of at least 4 members (excludes halogenated alkanes) is 6. The van der Waals surface area contributed by atoms with Crippen molar-refractivity contribution in [1.82, 2.24) is 0 Å². The van der Waals surface area contributed by atoms with Gasteiger partial charge in [-0.25, -0.2) is 0 Å². The normalized spacial score (nSPS) is 10.0. The molecule has 0 rings (SSSR count). The number of ether oxygens (including phenoxy) is 1. The molecule has 0 aromatic heterocycles. The molecule has 82 valence electrons. The smallest absolute Gasteiger partial charge is 0.145 e. The Labute approximate surface area is 87.3 Å². The van der Waals surface area contributed by atoms with Crippen LogP contribution in [0.3, 0.4) is 0 Å². The van der Waals surface area contributed by atoms with Gasteiger partial charge >= 0.3 is 0 Å². The Bertz CT molecular complexity index is 116. The molecule has 2 nitrogen and oxygen atoms in total. The molecule has 0 atom stereocenters. The predicted molar refractivity (Wildman–Crippen MR) is 59.4 cm³/mol. The standard InChI is InChI=1S/C12H22O2/c1-2-3-4-5-6-7-8-9-11-14-12-10-13/h2,10H,1,3-9,11-12H2. The summed E-state index contributed by atoms with van der Waals surface area (Å²) in [5.74, 6) is 0. The Hall–Kier alpha value is -0.630. The van der Waals surface area contributed by atoms with E-state index in [1.807, 2.05) is 6.08 Å². The lowest BCUT2D eigenvalue weighted by Gasteiger charge is -2.01. The highest BCUT2D eigenvalue weighted by molar-refractivity contribution is 5.50. The molecule has 0 aliphatic rings. The average Bonchev–Trinajstić information content (AvgIpc) is 2.21. The molecule has 0 amide bonds. The minimum absolute atomic E-state index is 0.249. The second kappa shape index (κ2) is 12.4. The zero-order valence-electron chi connectivity index (χ0n) is 9.04. The van der Waals surface area contributed by atoms with Crippen molar-refractivity contribution < 1.29 is 9.53 Å². The second-order valence-corrected chi connectivity index (χ2v) is 3.44. The van der Waals surface area contributed by atoms with Gasteiger partial charge in [0.15, 0.2) is 0 Å². The summed E-state index contributed by atoms with van der Waals surface area (Å²) < 4.78 is 5.05. The summed E-state index contributed by atoms with van der Waals surface area (Å²) in [6, 6.07) is 0. The Morgan fingerprint density at radius 2 is 1.64 bits per heavy atom. The van der Waals surface area contributed by atoms with E-state index in [4.69, 9.17) is 4.74 Å². The van der Waals surface area contributed by atoms with Crippen molar-refractivity contribution in [1.29, 1.82) is 0 Å². The summed E-state index contributed by atoms with van der Waals surface area (Å²) in [5, 5.41) is 0. The number of carbonyl (C=O) groups is 1. The van der Waals surface area contributed by atoms with Gasteiger partial charge in [-0.2, -0.15) is 0 Å². The zero-order chi connectivity index (χ0) is 10.5. The van der Waals surface area contributed by atoms with Crippen LogP contribution in [0.5, 0.6) is 0 Å². The highest BCUT2D eigenvalue weighted by atomic mass is 16.5. The maximum Gasteiger partial charge on any atom is 0.145 e. The number of rotatable bonds is 11. The summed E-state index contributed by atoms with van der Waals surface area (Å²) in [4.78, 5) is 9.91. The molecule has 0 heterocycles. The molecule has 0 aliphatic heterocycles. The van der Waals surface area contributed by atoms with Crippen LogP contribution in [0.15, 0.2) is 12.7 Å². The number of hydrogen-bond donors (Lipinski definition) is 0. The van der Waals surface area contributed by atoms with Gasteiger partial charge in [0.05, 0.1) is 0 Å². The molecule has 2 heteroatoms. The topological polar surface area (TPSA) is 26.3 Å². The van der Waals surface area contributed by atoms with Gasteiger partial charge in [-0.05, 0) is 19.3 Å². The Morgan fingerprint density at radius 1 is 1.00 bits per heavy atom. The number of allylic oxidation sites excluding steroid dienone is 1. The van der Waals surface area contributed by atoms with Crippen LogP contribution < -0.4 is 0 Å². The van der Waals surface area contributed by atoms with Gasteiger partial charge in [-0.15, -0.1) is 6.58 Å². The van der Waals surface area contributed by atoms with Crippen molar-refractivity contribution in [2.75, 3.05) is 13.2 Å². The summed E-state index contributed by atoms with van der Waals surface area (Å²) in [7, 11) is 0. The molecule has 0 fully saturated rings. The van der Waals surface area contributed by atoms with Crippen LogP contribution in [0.1, 0.15) is 44.9 Å². The van der Waals surface area contributed by atoms with E-state index in [0.29, 0.717) is 0 Å². The monoisotopic (exact) mass is 198 g/mol. The highest BCUT2D eigenvalue weighted by Gasteiger charge is 1.91. The minimum Gasteiger partial charge on any atom is -0.374 e. The number of carbonyl (C=O) groups excluding carboxylic acids is 1. The fourth-order valence-corrected chi connectivity index (χ4v) is 1.33. The maximum atomic E-state index is 9.91. The Morgan fingerprint density at radius 3 is 2.29 bits per heavy atom. The van der Waals surface area contributed by atoms with E-state index in [0.717, 1.165) is 25.7 Å². The van der Waals surface area contributed by atoms with E-state index < -0.39 is 0 Å². The van der Waals surface area contributed by atoms with Gasteiger partial charge in [0.2, 0.25) is 0 Å². The van der Waals surface area contributed by atoms with Crippen LogP contribution in [0, 0.1) is 0 Å². The number of aldehydes is 1. The lowest BCUT2D eigenvalue weighted by Crippen LogP contribution is -1.97. The number of hydrogen-bond acceptors (Lipinski definition) is 2. The van der Waals surface area contributed by atoms with Crippen LogP contribution in [-0.4, -0.2) is 19.5 Å². The van der Waals surface area contributed by atoms with Gasteiger partial charge in [-0.1, -0.05) is 31.8 Å². The van der Waals surface area contributed by atoms with Crippen molar-refractivity contribution in [3.8, 4) is 0 Å². The predicted octanol–water partition coefficient (Wildman–Crippen LogP) is 3.12. The summed E-state index contributed by atoms with van der Waals surface area (Å²) in [6.45, 7) is 4.67. The van der Waals surface area contributed by atoms with Crippen molar-refractivity contribution in [3.05, 3.63) is 12.7 Å². The third-order valence-electron chi connectivity index (χ3n) is 2.13. The van der Waals surface area contributed by atoms with Crippen molar-refractivity contribution in [3.63, 3.8) is 0 Å². The van der Waals surface area contributed by atoms with Crippen LogP contribution >= 0.6 is 0 Å². The fraction of sp³-hybridized carbons (Fsp3) is 0.750. The van der Waals surface area contributed by atoms with Crippen LogP contribution in [0.2, 0.25) is 0 Å². The van der Waals surface area contributed by atoms with Crippen LogP contribution in [-0.2, 0) is 9.53 Å². The summed E-state index contributed by atoms with van der Waals surface area (Å²) >= 11 is 0. The molecule has 0 aliphatic carbocycles. The van der Waals surface area contributed by atoms with Crippen molar-refractivity contribution in [2.45, 2.75) is 44.9 Å². The van der Waals surface area contributed by atoms with Gasteiger partial charge in [0, 0.05) is 6.61 Å². The lowest BCUT2D eigenvalue weighted by atomic mass is 10.1. The maximum absolute atomic E-state index is 9.91. The summed E-state index contributed by atoms with van der Waals surface area (Å²) in [6.07, 6.45) is 11.4. The summed E-state index contributed by atoms with van der Waals surface area (Å²) in [5.41, 5.74) is 0. The molecule has 0 aromatic rings. The molecular weight excluding hydrogens is 176 g/mol. The van der Waals surface area contributed by atoms with Gasteiger partial charge in [-0.3, -0.25) is 0 Å². The third kappa shape index (κ3) is 11.4. The first-order valence-corrected chi connectivity index (χ1v) is 5.54. The van der Waals surface area contributed by atoms with Gasteiger partial charge in [0.25, 0.3) is 0 Å². The van der Waals surface area contributed by atoms with Crippen molar-refractivity contribution >= 4 is 6.29 Å². The first-order chi connectivity index (χ1) is 6.91. The zero-order valence-corrected chi connectivity index (χ0v) is 9.04. The van der Waals surface area contributed by atoms with E-state index >= 15 is 0 Å². The first kappa shape index (κ1) is 13.4. The molecular formula is C12H22O2.